The summed E-state index contributed by atoms with van der Waals surface area (Å²) in [7, 11) is 1.92. The molecule has 0 amide bonds. The monoisotopic (exact) mass is 471 g/mol. The van der Waals surface area contributed by atoms with Gasteiger partial charge in [0.2, 0.25) is 0 Å². The lowest BCUT2D eigenvalue weighted by atomic mass is 9.82. The molecule has 2 rings (SSSR count). The Bertz CT molecular complexity index is 941. The number of carboxylic acid groups (broad SMARTS) is 1. The first-order valence-electron chi connectivity index (χ1n) is 11.9. The van der Waals surface area contributed by atoms with Gasteiger partial charge in [-0.15, -0.1) is 0 Å². The number of likely N-dealkylation sites (N-methyl/N-ethyl adjacent to an activating group) is 1. The molecule has 0 heterocycles. The van der Waals surface area contributed by atoms with E-state index in [4.69, 9.17) is 19.3 Å². The Morgan fingerprint density at radius 1 is 0.824 bits per heavy atom. The summed E-state index contributed by atoms with van der Waals surface area (Å²) in [6.45, 7) is 15.1. The summed E-state index contributed by atoms with van der Waals surface area (Å²) in [6, 6.07) is 12.8. The molecule has 0 fully saturated rings. The van der Waals surface area contributed by atoms with Crippen molar-refractivity contribution < 1.29 is 24.1 Å². The van der Waals surface area contributed by atoms with Crippen LogP contribution in [0.4, 0.5) is 0 Å². The number of ether oxygens (including phenoxy) is 3. The minimum absolute atomic E-state index is 0.0520. The molecule has 2 aromatic rings. The summed E-state index contributed by atoms with van der Waals surface area (Å²) >= 11 is 0. The Morgan fingerprint density at radius 3 is 1.76 bits per heavy atom. The molecule has 2 aromatic carbocycles. The highest BCUT2D eigenvalue weighted by Crippen LogP contribution is 2.38. The average Bonchev–Trinajstić information content (AvgIpc) is 2.75. The van der Waals surface area contributed by atoms with Gasteiger partial charge < -0.3 is 24.6 Å². The SMILES string of the molecule is CNCCOc1ccc(-c2ccc(OCCCOCC(=O)O)c(C(C)(C)C)c2)cc1C(C)(C)C. The van der Waals surface area contributed by atoms with Gasteiger partial charge in [0.15, 0.2) is 0 Å². The molecule has 0 saturated heterocycles. The van der Waals surface area contributed by atoms with Crippen LogP contribution in [0.15, 0.2) is 36.4 Å². The Balaban J connectivity index is 2.27. The Labute approximate surface area is 204 Å². The predicted molar refractivity (Wildman–Crippen MR) is 137 cm³/mol. The van der Waals surface area contributed by atoms with Crippen molar-refractivity contribution >= 4 is 5.97 Å². The molecule has 0 aliphatic heterocycles. The van der Waals surface area contributed by atoms with E-state index in [0.29, 0.717) is 26.2 Å². The minimum Gasteiger partial charge on any atom is -0.493 e. The number of benzene rings is 2. The molecule has 0 spiro atoms. The van der Waals surface area contributed by atoms with Crippen LogP contribution < -0.4 is 14.8 Å². The zero-order valence-corrected chi connectivity index (χ0v) is 21.8. The molecule has 0 aliphatic carbocycles. The lowest BCUT2D eigenvalue weighted by molar-refractivity contribution is -0.142. The number of hydrogen-bond acceptors (Lipinski definition) is 5. The van der Waals surface area contributed by atoms with Crippen LogP contribution in [0.3, 0.4) is 0 Å². The van der Waals surface area contributed by atoms with Crippen molar-refractivity contribution in [2.75, 3.05) is 40.0 Å². The second kappa shape index (κ2) is 12.2. The molecule has 188 valence electrons. The van der Waals surface area contributed by atoms with E-state index < -0.39 is 5.97 Å². The quantitative estimate of drug-likeness (QED) is 0.403. The lowest BCUT2D eigenvalue weighted by Crippen LogP contribution is -2.19. The van der Waals surface area contributed by atoms with Crippen LogP contribution >= 0.6 is 0 Å². The second-order valence-corrected chi connectivity index (χ2v) is 10.5. The summed E-state index contributed by atoms with van der Waals surface area (Å²) in [5, 5.41) is 11.8. The smallest absolute Gasteiger partial charge is 0.329 e. The number of carbonyl (C=O) groups is 1. The Kier molecular flexibility index (Phi) is 9.95. The first-order valence-corrected chi connectivity index (χ1v) is 11.9. The first kappa shape index (κ1) is 27.7. The molecule has 0 bridgehead atoms. The maximum absolute atomic E-state index is 10.5. The third-order valence-electron chi connectivity index (χ3n) is 5.43. The van der Waals surface area contributed by atoms with E-state index in [9.17, 15) is 4.79 Å². The summed E-state index contributed by atoms with van der Waals surface area (Å²) in [6.07, 6.45) is 0.628. The van der Waals surface area contributed by atoms with Crippen LogP contribution in [-0.2, 0) is 20.4 Å². The third-order valence-corrected chi connectivity index (χ3v) is 5.43. The van der Waals surface area contributed by atoms with Gasteiger partial charge in [0.25, 0.3) is 0 Å². The molecule has 0 saturated carbocycles. The van der Waals surface area contributed by atoms with E-state index in [1.54, 1.807) is 0 Å². The zero-order valence-electron chi connectivity index (χ0n) is 21.8. The Morgan fingerprint density at radius 2 is 1.32 bits per heavy atom. The first-order chi connectivity index (χ1) is 15.9. The van der Waals surface area contributed by atoms with E-state index in [1.165, 1.54) is 5.56 Å². The van der Waals surface area contributed by atoms with E-state index >= 15 is 0 Å². The van der Waals surface area contributed by atoms with Gasteiger partial charge in [-0.1, -0.05) is 53.7 Å². The summed E-state index contributed by atoms with van der Waals surface area (Å²) in [4.78, 5) is 10.5. The van der Waals surface area contributed by atoms with E-state index in [-0.39, 0.29) is 17.4 Å². The number of nitrogens with one attached hydrogen (secondary N) is 1. The largest absolute Gasteiger partial charge is 0.493 e. The highest BCUT2D eigenvalue weighted by molar-refractivity contribution is 5.69. The van der Waals surface area contributed by atoms with Crippen molar-refractivity contribution in [3.05, 3.63) is 47.5 Å². The molecule has 6 nitrogen and oxygen atoms in total. The van der Waals surface area contributed by atoms with Crippen molar-refractivity contribution in [1.82, 2.24) is 5.32 Å². The fraction of sp³-hybridized carbons (Fsp3) is 0.536. The van der Waals surface area contributed by atoms with Crippen LogP contribution in [0.5, 0.6) is 11.5 Å². The topological polar surface area (TPSA) is 77.0 Å². The van der Waals surface area contributed by atoms with Crippen molar-refractivity contribution in [2.24, 2.45) is 0 Å². The summed E-state index contributed by atoms with van der Waals surface area (Å²) < 4.78 is 17.2. The average molecular weight is 472 g/mol. The van der Waals surface area contributed by atoms with Crippen LogP contribution in [0.1, 0.15) is 59.1 Å². The predicted octanol–water partition coefficient (Wildman–Crippen LogP) is 5.42. The number of hydrogen-bond donors (Lipinski definition) is 2. The standard InChI is InChI=1S/C28H41NO5/c1-27(2,3)22-17-20(9-11-24(22)33-15-8-14-32-19-26(30)31)21-10-12-25(34-16-13-29-7)23(18-21)28(4,5)6/h9-12,17-18,29H,8,13-16,19H2,1-7H3,(H,30,31). The summed E-state index contributed by atoms with van der Waals surface area (Å²) in [5.74, 6) is 0.809. The van der Waals surface area contributed by atoms with Crippen molar-refractivity contribution in [1.29, 1.82) is 0 Å². The molecular formula is C28H41NO5. The lowest BCUT2D eigenvalue weighted by Gasteiger charge is -2.26. The van der Waals surface area contributed by atoms with Crippen LogP contribution in [0.25, 0.3) is 11.1 Å². The van der Waals surface area contributed by atoms with Gasteiger partial charge in [-0.3, -0.25) is 0 Å². The highest BCUT2D eigenvalue weighted by atomic mass is 16.5. The maximum Gasteiger partial charge on any atom is 0.329 e. The van der Waals surface area contributed by atoms with Crippen LogP contribution in [0, 0.1) is 0 Å². The zero-order chi connectivity index (χ0) is 25.4. The Hall–Kier alpha value is -2.57. The third kappa shape index (κ3) is 8.33. The highest BCUT2D eigenvalue weighted by Gasteiger charge is 2.22. The fourth-order valence-electron chi connectivity index (χ4n) is 3.61. The van der Waals surface area contributed by atoms with E-state index in [1.807, 2.05) is 13.1 Å². The molecule has 0 aromatic heterocycles. The molecule has 0 atom stereocenters. The van der Waals surface area contributed by atoms with Gasteiger partial charge in [0.05, 0.1) is 13.2 Å². The summed E-state index contributed by atoms with van der Waals surface area (Å²) in [5.41, 5.74) is 4.43. The van der Waals surface area contributed by atoms with Gasteiger partial charge >= 0.3 is 5.97 Å². The van der Waals surface area contributed by atoms with E-state index in [0.717, 1.165) is 34.7 Å². The van der Waals surface area contributed by atoms with Crippen molar-refractivity contribution in [3.63, 3.8) is 0 Å². The number of carboxylic acids is 1. The minimum atomic E-state index is -0.960. The van der Waals surface area contributed by atoms with Gasteiger partial charge in [-0.25, -0.2) is 4.79 Å². The molecule has 2 N–H and O–H groups in total. The normalized spacial score (nSPS) is 12.0. The number of rotatable bonds is 12. The molecule has 0 radical (unpaired) electrons. The van der Waals surface area contributed by atoms with Crippen molar-refractivity contribution in [3.8, 4) is 22.6 Å². The van der Waals surface area contributed by atoms with Gasteiger partial charge in [0, 0.05) is 24.1 Å². The van der Waals surface area contributed by atoms with E-state index in [2.05, 4.69) is 77.2 Å². The van der Waals surface area contributed by atoms with Gasteiger partial charge in [-0.2, -0.15) is 0 Å². The van der Waals surface area contributed by atoms with Gasteiger partial charge in [-0.05, 0) is 53.3 Å². The number of aliphatic carboxylic acids is 1. The molecule has 6 heteroatoms. The second-order valence-electron chi connectivity index (χ2n) is 10.5. The molecule has 0 aliphatic rings. The van der Waals surface area contributed by atoms with Gasteiger partial charge in [0.1, 0.15) is 24.7 Å². The molecule has 0 unspecified atom stereocenters. The van der Waals surface area contributed by atoms with Crippen LogP contribution in [0.2, 0.25) is 0 Å². The van der Waals surface area contributed by atoms with Crippen LogP contribution in [-0.4, -0.2) is 51.1 Å². The molecule has 34 heavy (non-hydrogen) atoms. The van der Waals surface area contributed by atoms with Crippen molar-refractivity contribution in [2.45, 2.75) is 58.8 Å². The fourth-order valence-corrected chi connectivity index (χ4v) is 3.61. The molecular weight excluding hydrogens is 430 g/mol. The maximum atomic E-state index is 10.5.